The van der Waals surface area contributed by atoms with Gasteiger partial charge in [0, 0.05) is 5.39 Å². The summed E-state index contributed by atoms with van der Waals surface area (Å²) in [5, 5.41) is 4.42. The first kappa shape index (κ1) is 13.9. The Morgan fingerprint density at radius 2 is 2.00 bits per heavy atom. The van der Waals surface area contributed by atoms with Gasteiger partial charge in [-0.1, -0.05) is 29.7 Å². The summed E-state index contributed by atoms with van der Waals surface area (Å²) in [6, 6.07) is 3.51. The predicted molar refractivity (Wildman–Crippen MR) is 78.9 cm³/mol. The third kappa shape index (κ3) is 2.17. The Morgan fingerprint density at radius 1 is 1.24 bits per heavy atom. The third-order valence-electron chi connectivity index (χ3n) is 3.50. The number of rotatable bonds is 2. The Labute approximate surface area is 126 Å². The molecule has 0 atom stereocenters. The molecule has 0 aliphatic carbocycles. The molecule has 3 rings (SSSR count). The lowest BCUT2D eigenvalue weighted by atomic mass is 10.0. The minimum atomic E-state index is -0.269. The van der Waals surface area contributed by atoms with E-state index in [-0.39, 0.29) is 16.9 Å². The van der Waals surface area contributed by atoms with Crippen molar-refractivity contribution in [3.63, 3.8) is 0 Å². The Bertz CT molecular complexity index is 845. The van der Waals surface area contributed by atoms with Crippen molar-refractivity contribution in [3.05, 3.63) is 40.1 Å². The molecular formula is C15H13ClFN3O. The van der Waals surface area contributed by atoms with Gasteiger partial charge in [-0.3, -0.25) is 0 Å². The highest BCUT2D eigenvalue weighted by atomic mass is 35.5. The number of hydrogen-bond acceptors (Lipinski definition) is 4. The largest absolute Gasteiger partial charge is 0.334 e. The molecule has 0 fully saturated rings. The summed E-state index contributed by atoms with van der Waals surface area (Å²) in [7, 11) is 0. The highest BCUT2D eigenvalue weighted by Gasteiger charge is 2.20. The fourth-order valence-corrected chi connectivity index (χ4v) is 2.73. The van der Waals surface area contributed by atoms with Crippen LogP contribution in [0.4, 0.5) is 4.39 Å². The molecule has 4 nitrogen and oxygen atoms in total. The van der Waals surface area contributed by atoms with Crippen LogP contribution in [0.2, 0.25) is 5.15 Å². The lowest BCUT2D eigenvalue weighted by molar-refractivity contribution is 0.425. The molecule has 0 aliphatic rings. The van der Waals surface area contributed by atoms with Crippen LogP contribution < -0.4 is 0 Å². The van der Waals surface area contributed by atoms with Gasteiger partial charge in [-0.15, -0.1) is 0 Å². The van der Waals surface area contributed by atoms with E-state index in [1.807, 2.05) is 6.92 Å². The van der Waals surface area contributed by atoms with E-state index >= 15 is 0 Å². The van der Waals surface area contributed by atoms with Gasteiger partial charge in [0.25, 0.3) is 5.89 Å². The van der Waals surface area contributed by atoms with Gasteiger partial charge in [-0.05, 0) is 37.5 Å². The number of aryl methyl sites for hydroxylation is 3. The predicted octanol–water partition coefficient (Wildman–Crippen LogP) is 4.26. The minimum Gasteiger partial charge on any atom is -0.334 e. The molecule has 0 saturated heterocycles. The van der Waals surface area contributed by atoms with E-state index in [1.165, 1.54) is 0 Å². The van der Waals surface area contributed by atoms with Crippen molar-refractivity contribution >= 4 is 22.5 Å². The topological polar surface area (TPSA) is 51.8 Å². The average molecular weight is 306 g/mol. The summed E-state index contributed by atoms with van der Waals surface area (Å²) in [4.78, 5) is 8.41. The summed E-state index contributed by atoms with van der Waals surface area (Å²) in [6.45, 7) is 5.40. The number of aromatic nitrogens is 3. The molecule has 0 saturated carbocycles. The molecule has 0 bridgehead atoms. The summed E-state index contributed by atoms with van der Waals surface area (Å²) in [5.74, 6) is 0.475. The van der Waals surface area contributed by atoms with Gasteiger partial charge in [0.15, 0.2) is 5.82 Å². The summed E-state index contributed by atoms with van der Waals surface area (Å²) < 4.78 is 19.8. The number of benzene rings is 1. The first-order valence-electron chi connectivity index (χ1n) is 6.60. The van der Waals surface area contributed by atoms with Crippen molar-refractivity contribution in [1.29, 1.82) is 0 Å². The van der Waals surface area contributed by atoms with E-state index in [4.69, 9.17) is 16.1 Å². The van der Waals surface area contributed by atoms with E-state index in [9.17, 15) is 4.39 Å². The highest BCUT2D eigenvalue weighted by Crippen LogP contribution is 2.35. The van der Waals surface area contributed by atoms with Gasteiger partial charge in [0.05, 0.1) is 11.1 Å². The number of pyridine rings is 1. The third-order valence-corrected chi connectivity index (χ3v) is 3.77. The first-order chi connectivity index (χ1) is 10.0. The SMILES string of the molecule is CCc1ccc2nc(Cl)c(-c3nc(C)no3)c(C)c2c1F. The lowest BCUT2D eigenvalue weighted by Crippen LogP contribution is -1.97. The molecule has 0 N–H and O–H groups in total. The molecule has 6 heteroatoms. The molecule has 0 spiro atoms. The smallest absolute Gasteiger partial charge is 0.261 e. The van der Waals surface area contributed by atoms with Crippen molar-refractivity contribution in [1.82, 2.24) is 15.1 Å². The minimum absolute atomic E-state index is 0.229. The summed E-state index contributed by atoms with van der Waals surface area (Å²) >= 11 is 6.22. The van der Waals surface area contributed by atoms with Crippen LogP contribution in [0.25, 0.3) is 22.4 Å². The average Bonchev–Trinajstić information content (AvgIpc) is 2.85. The summed E-state index contributed by atoms with van der Waals surface area (Å²) in [6.07, 6.45) is 0.610. The van der Waals surface area contributed by atoms with Gasteiger partial charge in [0.2, 0.25) is 0 Å². The first-order valence-corrected chi connectivity index (χ1v) is 6.98. The summed E-state index contributed by atoms with van der Waals surface area (Å²) in [5.41, 5.74) is 2.30. The Morgan fingerprint density at radius 3 is 2.62 bits per heavy atom. The van der Waals surface area contributed by atoms with Crippen LogP contribution in [-0.4, -0.2) is 15.1 Å². The zero-order valence-electron chi connectivity index (χ0n) is 11.9. The van der Waals surface area contributed by atoms with E-state index in [0.717, 1.165) is 0 Å². The van der Waals surface area contributed by atoms with Gasteiger partial charge in [-0.25, -0.2) is 9.37 Å². The van der Waals surface area contributed by atoms with Crippen molar-refractivity contribution < 1.29 is 8.91 Å². The Kier molecular flexibility index (Phi) is 3.37. The van der Waals surface area contributed by atoms with E-state index in [1.54, 1.807) is 26.0 Å². The van der Waals surface area contributed by atoms with E-state index < -0.39 is 0 Å². The maximum atomic E-state index is 14.6. The van der Waals surface area contributed by atoms with Crippen LogP contribution in [0.1, 0.15) is 23.9 Å². The lowest BCUT2D eigenvalue weighted by Gasteiger charge is -2.11. The van der Waals surface area contributed by atoms with Crippen molar-refractivity contribution in [2.45, 2.75) is 27.2 Å². The second-order valence-corrected chi connectivity index (χ2v) is 5.19. The molecule has 0 aliphatic heterocycles. The standard InChI is InChI=1S/C15H13ClFN3O/c1-4-9-5-6-10-11(13(9)17)7(2)12(14(16)19-10)15-18-8(3)20-21-15/h5-6H,4H2,1-3H3. The molecular weight excluding hydrogens is 293 g/mol. The van der Waals surface area contributed by atoms with Crippen LogP contribution in [0, 0.1) is 19.7 Å². The molecule has 2 heterocycles. The van der Waals surface area contributed by atoms with E-state index in [2.05, 4.69) is 15.1 Å². The molecule has 2 aromatic heterocycles. The molecule has 3 aromatic rings. The number of fused-ring (bicyclic) bond motifs is 1. The molecule has 21 heavy (non-hydrogen) atoms. The fraction of sp³-hybridized carbons (Fsp3) is 0.267. The van der Waals surface area contributed by atoms with Gasteiger partial charge >= 0.3 is 0 Å². The fourth-order valence-electron chi connectivity index (χ4n) is 2.42. The molecule has 0 radical (unpaired) electrons. The molecule has 0 unspecified atom stereocenters. The van der Waals surface area contributed by atoms with Crippen LogP contribution in [-0.2, 0) is 6.42 Å². The van der Waals surface area contributed by atoms with Crippen LogP contribution in [0.3, 0.4) is 0 Å². The molecule has 1 aromatic carbocycles. The zero-order valence-corrected chi connectivity index (χ0v) is 12.6. The van der Waals surface area contributed by atoms with Crippen LogP contribution in [0.15, 0.2) is 16.7 Å². The van der Waals surface area contributed by atoms with Crippen molar-refractivity contribution in [2.24, 2.45) is 0 Å². The van der Waals surface area contributed by atoms with Gasteiger partial charge in [0.1, 0.15) is 11.0 Å². The number of nitrogens with zero attached hydrogens (tertiary/aromatic N) is 3. The molecule has 0 amide bonds. The van der Waals surface area contributed by atoms with Gasteiger partial charge < -0.3 is 4.52 Å². The highest BCUT2D eigenvalue weighted by molar-refractivity contribution is 6.32. The van der Waals surface area contributed by atoms with Crippen molar-refractivity contribution in [2.75, 3.05) is 0 Å². The number of hydrogen-bond donors (Lipinski definition) is 0. The monoisotopic (exact) mass is 305 g/mol. The van der Waals surface area contributed by atoms with Crippen LogP contribution in [0.5, 0.6) is 0 Å². The zero-order chi connectivity index (χ0) is 15.1. The maximum Gasteiger partial charge on any atom is 0.261 e. The van der Waals surface area contributed by atoms with Crippen molar-refractivity contribution in [3.8, 4) is 11.5 Å². The van der Waals surface area contributed by atoms with E-state index in [0.29, 0.717) is 39.8 Å². The van der Waals surface area contributed by atoms with Gasteiger partial charge in [-0.2, -0.15) is 4.98 Å². The Hall–Kier alpha value is -2.01. The number of halogens is 2. The quantitative estimate of drug-likeness (QED) is 0.664. The second kappa shape index (κ2) is 5.07. The Balaban J connectivity index is 2.38. The normalized spacial score (nSPS) is 11.3. The van der Waals surface area contributed by atoms with Crippen LogP contribution >= 0.6 is 11.6 Å². The second-order valence-electron chi connectivity index (χ2n) is 4.84. The molecule has 108 valence electrons. The maximum absolute atomic E-state index is 14.6.